The molecule has 2 N–H and O–H groups in total. The van der Waals surface area contributed by atoms with Gasteiger partial charge in [0.05, 0.1) is 10.7 Å². The summed E-state index contributed by atoms with van der Waals surface area (Å²) < 4.78 is 0. The van der Waals surface area contributed by atoms with Crippen LogP contribution in [0.2, 0.25) is 5.02 Å². The van der Waals surface area contributed by atoms with E-state index in [1.54, 1.807) is 19.9 Å². The van der Waals surface area contributed by atoms with Gasteiger partial charge in [-0.05, 0) is 68.9 Å². The fraction of sp³-hybridized carbons (Fsp3) is 0.409. The lowest BCUT2D eigenvalue weighted by Gasteiger charge is -2.29. The maximum absolute atomic E-state index is 12.4. The van der Waals surface area contributed by atoms with E-state index >= 15 is 0 Å². The highest BCUT2D eigenvalue weighted by atomic mass is 35.5. The van der Waals surface area contributed by atoms with Crippen molar-refractivity contribution < 1.29 is 4.79 Å². The number of pyridine rings is 1. The van der Waals surface area contributed by atoms with E-state index in [2.05, 4.69) is 15.2 Å². The Bertz CT molecular complexity index is 1020. The largest absolute Gasteiger partial charge is 0.370 e. The van der Waals surface area contributed by atoms with Crippen LogP contribution in [0.15, 0.2) is 23.0 Å². The molecule has 29 heavy (non-hydrogen) atoms. The van der Waals surface area contributed by atoms with Crippen molar-refractivity contribution >= 4 is 28.9 Å². The Morgan fingerprint density at radius 1 is 1.28 bits per heavy atom. The molecule has 2 aromatic rings. The standard InChI is InChI=1S/C22H25ClN4O2/c1-14-17(15(2)25-22(29)18(14)13-24)7-9-21(28)26-16-6-8-20(19(23)12-16)27-10-4-3-5-11-27/h6,8,12H,3-5,7,9-11H2,1-2H3,(H,25,29)(H,26,28). The van der Waals surface area contributed by atoms with Gasteiger partial charge in [-0.15, -0.1) is 0 Å². The number of nitriles is 1. The Balaban J connectivity index is 1.65. The van der Waals surface area contributed by atoms with E-state index in [1.807, 2.05) is 18.2 Å². The zero-order valence-corrected chi connectivity index (χ0v) is 17.5. The summed E-state index contributed by atoms with van der Waals surface area (Å²) >= 11 is 6.45. The van der Waals surface area contributed by atoms with Crippen molar-refractivity contribution in [2.24, 2.45) is 0 Å². The molecule has 0 unspecified atom stereocenters. The van der Waals surface area contributed by atoms with Gasteiger partial charge >= 0.3 is 0 Å². The molecule has 3 rings (SSSR count). The van der Waals surface area contributed by atoms with Gasteiger partial charge in [0.25, 0.3) is 5.56 Å². The smallest absolute Gasteiger partial charge is 0.266 e. The average molecular weight is 413 g/mol. The third-order valence-corrected chi connectivity index (χ3v) is 5.75. The number of halogens is 1. The van der Waals surface area contributed by atoms with E-state index in [1.165, 1.54) is 19.3 Å². The molecule has 2 heterocycles. The summed E-state index contributed by atoms with van der Waals surface area (Å²) in [4.78, 5) is 29.2. The predicted octanol–water partition coefficient (Wildman–Crippen LogP) is 4.08. The highest BCUT2D eigenvalue weighted by Gasteiger charge is 2.16. The maximum Gasteiger partial charge on any atom is 0.266 e. The van der Waals surface area contributed by atoms with E-state index < -0.39 is 0 Å². The molecule has 0 aliphatic carbocycles. The lowest BCUT2D eigenvalue weighted by atomic mass is 9.99. The third kappa shape index (κ3) is 4.80. The molecule has 1 aliphatic rings. The van der Waals surface area contributed by atoms with Crippen LogP contribution >= 0.6 is 11.6 Å². The van der Waals surface area contributed by atoms with E-state index in [0.29, 0.717) is 28.4 Å². The molecule has 0 bridgehead atoms. The minimum absolute atomic E-state index is 0.103. The number of hydrogen-bond acceptors (Lipinski definition) is 4. The summed E-state index contributed by atoms with van der Waals surface area (Å²) in [5, 5.41) is 12.7. The summed E-state index contributed by atoms with van der Waals surface area (Å²) in [6, 6.07) is 7.55. The minimum Gasteiger partial charge on any atom is -0.370 e. The molecule has 1 aromatic carbocycles. The molecular formula is C22H25ClN4O2. The van der Waals surface area contributed by atoms with E-state index in [9.17, 15) is 9.59 Å². The highest BCUT2D eigenvalue weighted by Crippen LogP contribution is 2.31. The Labute approximate surface area is 175 Å². The Morgan fingerprint density at radius 2 is 2.00 bits per heavy atom. The van der Waals surface area contributed by atoms with Gasteiger partial charge in [-0.25, -0.2) is 0 Å². The average Bonchev–Trinajstić information content (AvgIpc) is 2.68. The van der Waals surface area contributed by atoms with Crippen molar-refractivity contribution in [1.29, 1.82) is 5.26 Å². The summed E-state index contributed by atoms with van der Waals surface area (Å²) in [6.07, 6.45) is 4.28. The van der Waals surface area contributed by atoms with Crippen molar-refractivity contribution in [3.05, 3.63) is 56.0 Å². The molecule has 1 fully saturated rings. The number of aryl methyl sites for hydroxylation is 1. The van der Waals surface area contributed by atoms with Crippen LogP contribution in [-0.2, 0) is 11.2 Å². The summed E-state index contributed by atoms with van der Waals surface area (Å²) in [5.74, 6) is -0.143. The Hall–Kier alpha value is -2.78. The first kappa shape index (κ1) is 20.9. The van der Waals surface area contributed by atoms with Gasteiger partial charge in [-0.3, -0.25) is 9.59 Å². The van der Waals surface area contributed by atoms with Crippen LogP contribution in [0.25, 0.3) is 0 Å². The SMILES string of the molecule is Cc1[nH]c(=O)c(C#N)c(C)c1CCC(=O)Nc1ccc(N2CCCCC2)c(Cl)c1. The highest BCUT2D eigenvalue weighted by molar-refractivity contribution is 6.33. The van der Waals surface area contributed by atoms with Gasteiger partial charge in [0.15, 0.2) is 0 Å². The number of aromatic amines is 1. The summed E-state index contributed by atoms with van der Waals surface area (Å²) in [7, 11) is 0. The Morgan fingerprint density at radius 3 is 2.66 bits per heavy atom. The van der Waals surface area contributed by atoms with Crippen LogP contribution < -0.4 is 15.8 Å². The molecule has 152 valence electrons. The molecular weight excluding hydrogens is 388 g/mol. The van der Waals surface area contributed by atoms with Crippen LogP contribution in [0.4, 0.5) is 11.4 Å². The van der Waals surface area contributed by atoms with E-state index in [-0.39, 0.29) is 23.5 Å². The monoisotopic (exact) mass is 412 g/mol. The minimum atomic E-state index is -0.390. The fourth-order valence-electron chi connectivity index (χ4n) is 3.86. The number of carbonyl (C=O) groups excluding carboxylic acids is 1. The first-order valence-corrected chi connectivity index (χ1v) is 10.3. The van der Waals surface area contributed by atoms with Gasteiger partial charge in [0.1, 0.15) is 11.6 Å². The lowest BCUT2D eigenvalue weighted by molar-refractivity contribution is -0.116. The van der Waals surface area contributed by atoms with Gasteiger partial charge in [-0.2, -0.15) is 5.26 Å². The number of amides is 1. The van der Waals surface area contributed by atoms with Crippen molar-refractivity contribution in [2.45, 2.75) is 46.0 Å². The van der Waals surface area contributed by atoms with Gasteiger partial charge in [0, 0.05) is 30.9 Å². The van der Waals surface area contributed by atoms with Crippen molar-refractivity contribution in [2.75, 3.05) is 23.3 Å². The first-order chi connectivity index (χ1) is 13.9. The fourth-order valence-corrected chi connectivity index (χ4v) is 4.16. The number of H-pyrrole nitrogens is 1. The zero-order chi connectivity index (χ0) is 21.0. The number of benzene rings is 1. The normalized spacial score (nSPS) is 13.8. The van der Waals surface area contributed by atoms with Crippen LogP contribution in [-0.4, -0.2) is 24.0 Å². The maximum atomic E-state index is 12.4. The Kier molecular flexibility index (Phi) is 6.60. The number of hydrogen-bond donors (Lipinski definition) is 2. The predicted molar refractivity (Wildman–Crippen MR) is 116 cm³/mol. The molecule has 0 atom stereocenters. The van der Waals surface area contributed by atoms with Crippen molar-refractivity contribution in [3.63, 3.8) is 0 Å². The van der Waals surface area contributed by atoms with Crippen molar-refractivity contribution in [1.82, 2.24) is 4.98 Å². The van der Waals surface area contributed by atoms with E-state index in [4.69, 9.17) is 16.9 Å². The number of rotatable bonds is 5. The number of piperidine rings is 1. The molecule has 6 nitrogen and oxygen atoms in total. The lowest BCUT2D eigenvalue weighted by Crippen LogP contribution is -2.29. The van der Waals surface area contributed by atoms with E-state index in [0.717, 1.165) is 24.3 Å². The molecule has 0 radical (unpaired) electrons. The molecule has 0 spiro atoms. The van der Waals surface area contributed by atoms with Crippen LogP contribution in [0, 0.1) is 25.2 Å². The number of carbonyl (C=O) groups is 1. The third-order valence-electron chi connectivity index (χ3n) is 5.45. The zero-order valence-electron chi connectivity index (χ0n) is 16.8. The molecule has 1 amide bonds. The van der Waals surface area contributed by atoms with Gasteiger partial charge in [-0.1, -0.05) is 11.6 Å². The van der Waals surface area contributed by atoms with Crippen molar-refractivity contribution in [3.8, 4) is 6.07 Å². The van der Waals surface area contributed by atoms with Gasteiger partial charge in [0.2, 0.25) is 5.91 Å². The molecule has 1 aromatic heterocycles. The van der Waals surface area contributed by atoms with Crippen LogP contribution in [0.5, 0.6) is 0 Å². The van der Waals surface area contributed by atoms with Crippen LogP contribution in [0.1, 0.15) is 48.1 Å². The quantitative estimate of drug-likeness (QED) is 0.774. The number of anilines is 2. The number of nitrogens with zero attached hydrogens (tertiary/aromatic N) is 2. The second-order valence-corrected chi connectivity index (χ2v) is 7.84. The molecule has 1 aliphatic heterocycles. The number of aromatic nitrogens is 1. The second-order valence-electron chi connectivity index (χ2n) is 7.43. The summed E-state index contributed by atoms with van der Waals surface area (Å²) in [5.41, 5.74) is 3.53. The first-order valence-electron chi connectivity index (χ1n) is 9.87. The second kappa shape index (κ2) is 9.15. The molecule has 1 saturated heterocycles. The molecule has 7 heteroatoms. The topological polar surface area (TPSA) is 89.0 Å². The van der Waals surface area contributed by atoms with Crippen LogP contribution in [0.3, 0.4) is 0 Å². The number of nitrogens with one attached hydrogen (secondary N) is 2. The molecule has 0 saturated carbocycles. The summed E-state index contributed by atoms with van der Waals surface area (Å²) in [6.45, 7) is 5.54. The van der Waals surface area contributed by atoms with Gasteiger partial charge < -0.3 is 15.2 Å².